The molecule has 3 aromatic rings. The van der Waals surface area contributed by atoms with E-state index in [1.165, 1.54) is 12.1 Å². The van der Waals surface area contributed by atoms with Crippen molar-refractivity contribution in [1.82, 2.24) is 4.72 Å². The SMILES string of the molecule is CCOCCOc1cccc(C(=O)Nc2ccc(S(=O)(=O)NCCc3ccccc3)cc2)c1. The Hall–Kier alpha value is -3.20. The minimum atomic E-state index is -3.64. The van der Waals surface area contributed by atoms with Crippen LogP contribution in [0, 0.1) is 0 Å². The number of amides is 1. The largest absolute Gasteiger partial charge is 0.491 e. The van der Waals surface area contributed by atoms with Crippen molar-refractivity contribution in [2.75, 3.05) is 31.7 Å². The summed E-state index contributed by atoms with van der Waals surface area (Å²) in [6.07, 6.45) is 0.600. The van der Waals surface area contributed by atoms with Crippen molar-refractivity contribution in [2.24, 2.45) is 0 Å². The lowest BCUT2D eigenvalue weighted by molar-refractivity contribution is 0.102. The molecule has 0 atom stereocenters. The molecule has 0 bridgehead atoms. The Kier molecular flexibility index (Phi) is 9.00. The first kappa shape index (κ1) is 24.4. The summed E-state index contributed by atoms with van der Waals surface area (Å²) in [6.45, 7) is 3.70. The molecule has 33 heavy (non-hydrogen) atoms. The van der Waals surface area contributed by atoms with Gasteiger partial charge in [0.05, 0.1) is 11.5 Å². The summed E-state index contributed by atoms with van der Waals surface area (Å²) in [7, 11) is -3.64. The summed E-state index contributed by atoms with van der Waals surface area (Å²) in [5.41, 5.74) is 1.98. The molecule has 7 nitrogen and oxygen atoms in total. The van der Waals surface area contributed by atoms with Gasteiger partial charge >= 0.3 is 0 Å². The summed E-state index contributed by atoms with van der Waals surface area (Å²) >= 11 is 0. The lowest BCUT2D eigenvalue weighted by atomic mass is 10.2. The van der Waals surface area contributed by atoms with Crippen molar-refractivity contribution in [3.63, 3.8) is 0 Å². The molecule has 0 spiro atoms. The van der Waals surface area contributed by atoms with Gasteiger partial charge in [-0.15, -0.1) is 0 Å². The summed E-state index contributed by atoms with van der Waals surface area (Å²) in [5.74, 6) is 0.257. The van der Waals surface area contributed by atoms with E-state index in [9.17, 15) is 13.2 Å². The molecule has 0 radical (unpaired) electrons. The van der Waals surface area contributed by atoms with Crippen LogP contribution < -0.4 is 14.8 Å². The Balaban J connectivity index is 1.54. The standard InChI is InChI=1S/C25H28N2O5S/c1-2-31-17-18-32-23-10-6-9-21(19-23)25(28)27-22-11-13-24(14-12-22)33(29,30)26-16-15-20-7-4-3-5-8-20/h3-14,19,26H,2,15-18H2,1H3,(H,27,28). The number of sulfonamides is 1. The van der Waals surface area contributed by atoms with Gasteiger partial charge in [0.15, 0.2) is 0 Å². The Bertz CT molecular complexity index is 1130. The highest BCUT2D eigenvalue weighted by atomic mass is 32.2. The highest BCUT2D eigenvalue weighted by Crippen LogP contribution is 2.17. The van der Waals surface area contributed by atoms with Crippen molar-refractivity contribution in [3.8, 4) is 5.75 Å². The van der Waals surface area contributed by atoms with Crippen LogP contribution in [0.2, 0.25) is 0 Å². The molecule has 0 unspecified atom stereocenters. The Morgan fingerprint density at radius 2 is 1.67 bits per heavy atom. The second-order valence-electron chi connectivity index (χ2n) is 7.19. The molecule has 2 N–H and O–H groups in total. The maximum Gasteiger partial charge on any atom is 0.255 e. The first-order valence-corrected chi connectivity index (χ1v) is 12.2. The van der Waals surface area contributed by atoms with Crippen LogP contribution in [-0.2, 0) is 21.2 Å². The van der Waals surface area contributed by atoms with Gasteiger partial charge in [0.2, 0.25) is 10.0 Å². The van der Waals surface area contributed by atoms with E-state index in [2.05, 4.69) is 10.0 Å². The number of rotatable bonds is 12. The molecule has 0 aromatic heterocycles. The molecular formula is C25H28N2O5S. The maximum atomic E-state index is 12.6. The molecule has 0 aliphatic carbocycles. The van der Waals surface area contributed by atoms with Crippen molar-refractivity contribution in [3.05, 3.63) is 90.0 Å². The van der Waals surface area contributed by atoms with E-state index >= 15 is 0 Å². The fourth-order valence-corrected chi connectivity index (χ4v) is 4.10. The monoisotopic (exact) mass is 468 g/mol. The number of carbonyl (C=O) groups is 1. The van der Waals surface area contributed by atoms with Crippen LogP contribution >= 0.6 is 0 Å². The van der Waals surface area contributed by atoms with Crippen LogP contribution in [0.1, 0.15) is 22.8 Å². The van der Waals surface area contributed by atoms with Gasteiger partial charge in [-0.05, 0) is 61.4 Å². The topological polar surface area (TPSA) is 93.7 Å². The Morgan fingerprint density at radius 1 is 0.909 bits per heavy atom. The van der Waals surface area contributed by atoms with Crippen LogP contribution in [0.5, 0.6) is 5.75 Å². The maximum absolute atomic E-state index is 12.6. The molecule has 0 fully saturated rings. The quantitative estimate of drug-likeness (QED) is 0.394. The van der Waals surface area contributed by atoms with Gasteiger partial charge in [-0.25, -0.2) is 13.1 Å². The lowest BCUT2D eigenvalue weighted by Crippen LogP contribution is -2.26. The van der Waals surface area contributed by atoms with Gasteiger partial charge < -0.3 is 14.8 Å². The number of carbonyl (C=O) groups excluding carboxylic acids is 1. The highest BCUT2D eigenvalue weighted by molar-refractivity contribution is 7.89. The number of hydrogen-bond acceptors (Lipinski definition) is 5. The second-order valence-corrected chi connectivity index (χ2v) is 8.95. The molecule has 3 rings (SSSR count). The molecule has 0 saturated heterocycles. The lowest BCUT2D eigenvalue weighted by Gasteiger charge is -2.10. The molecule has 0 heterocycles. The number of benzene rings is 3. The first-order chi connectivity index (χ1) is 16.0. The first-order valence-electron chi connectivity index (χ1n) is 10.7. The fourth-order valence-electron chi connectivity index (χ4n) is 3.07. The van der Waals surface area contributed by atoms with E-state index in [4.69, 9.17) is 9.47 Å². The fraction of sp³-hybridized carbons (Fsp3) is 0.240. The van der Waals surface area contributed by atoms with Crippen molar-refractivity contribution >= 4 is 21.6 Å². The molecule has 0 aliphatic rings. The van der Waals surface area contributed by atoms with E-state index in [0.29, 0.717) is 49.8 Å². The molecule has 3 aromatic carbocycles. The minimum Gasteiger partial charge on any atom is -0.491 e. The van der Waals surface area contributed by atoms with E-state index in [0.717, 1.165) is 5.56 Å². The third kappa shape index (κ3) is 7.71. The summed E-state index contributed by atoms with van der Waals surface area (Å²) < 4.78 is 38.5. The molecule has 1 amide bonds. The Morgan fingerprint density at radius 3 is 2.39 bits per heavy atom. The summed E-state index contributed by atoms with van der Waals surface area (Å²) in [6, 6.07) is 22.6. The van der Waals surface area contributed by atoms with Crippen molar-refractivity contribution in [1.29, 1.82) is 0 Å². The highest BCUT2D eigenvalue weighted by Gasteiger charge is 2.14. The average molecular weight is 469 g/mol. The van der Waals surface area contributed by atoms with Gasteiger partial charge in [0.25, 0.3) is 5.91 Å². The molecule has 8 heteroatoms. The molecular weight excluding hydrogens is 440 g/mol. The second kappa shape index (κ2) is 12.2. The summed E-state index contributed by atoms with van der Waals surface area (Å²) in [5, 5.41) is 2.77. The molecule has 174 valence electrons. The zero-order valence-electron chi connectivity index (χ0n) is 18.5. The van der Waals surface area contributed by atoms with Crippen LogP contribution in [0.4, 0.5) is 5.69 Å². The van der Waals surface area contributed by atoms with Gasteiger partial charge in [0, 0.05) is 24.4 Å². The van der Waals surface area contributed by atoms with Crippen molar-refractivity contribution in [2.45, 2.75) is 18.2 Å². The Labute approximate surface area is 194 Å². The minimum absolute atomic E-state index is 0.137. The van der Waals surface area contributed by atoms with Crippen LogP contribution in [0.3, 0.4) is 0 Å². The van der Waals surface area contributed by atoms with E-state index in [1.54, 1.807) is 36.4 Å². The van der Waals surface area contributed by atoms with Gasteiger partial charge in [-0.1, -0.05) is 36.4 Å². The molecule has 0 saturated carbocycles. The van der Waals surface area contributed by atoms with Gasteiger partial charge in [0.1, 0.15) is 12.4 Å². The van der Waals surface area contributed by atoms with E-state index < -0.39 is 10.0 Å². The van der Waals surface area contributed by atoms with Crippen LogP contribution in [-0.4, -0.2) is 40.7 Å². The van der Waals surface area contributed by atoms with Crippen molar-refractivity contribution < 1.29 is 22.7 Å². The number of hydrogen-bond donors (Lipinski definition) is 2. The van der Waals surface area contributed by atoms with E-state index in [1.807, 2.05) is 37.3 Å². The van der Waals surface area contributed by atoms with E-state index in [-0.39, 0.29) is 10.8 Å². The molecule has 0 aliphatic heterocycles. The third-order valence-electron chi connectivity index (χ3n) is 4.77. The van der Waals surface area contributed by atoms with Gasteiger partial charge in [-0.3, -0.25) is 4.79 Å². The average Bonchev–Trinajstić information content (AvgIpc) is 2.83. The smallest absolute Gasteiger partial charge is 0.255 e. The predicted octanol–water partition coefficient (Wildman–Crippen LogP) is 3.88. The zero-order chi connectivity index (χ0) is 23.5. The van der Waals surface area contributed by atoms with Crippen LogP contribution in [0.25, 0.3) is 0 Å². The normalized spacial score (nSPS) is 11.2. The number of ether oxygens (including phenoxy) is 2. The number of anilines is 1. The predicted molar refractivity (Wildman–Crippen MR) is 128 cm³/mol. The zero-order valence-corrected chi connectivity index (χ0v) is 19.3. The summed E-state index contributed by atoms with van der Waals surface area (Å²) in [4.78, 5) is 12.7. The number of nitrogens with one attached hydrogen (secondary N) is 2. The third-order valence-corrected chi connectivity index (χ3v) is 6.24. The van der Waals surface area contributed by atoms with Crippen LogP contribution in [0.15, 0.2) is 83.8 Å². The van der Waals surface area contributed by atoms with Gasteiger partial charge in [-0.2, -0.15) is 0 Å².